The SMILES string of the molecule is Cc1ccsc1C(Cl)Cc1ccccc1Cl. The molecule has 0 spiro atoms. The molecule has 0 aliphatic carbocycles. The molecular weight excluding hydrogens is 259 g/mol. The Morgan fingerprint density at radius 2 is 2.00 bits per heavy atom. The van der Waals surface area contributed by atoms with Gasteiger partial charge in [-0.15, -0.1) is 22.9 Å². The predicted molar refractivity (Wildman–Crippen MR) is 72.8 cm³/mol. The highest BCUT2D eigenvalue weighted by molar-refractivity contribution is 7.10. The van der Waals surface area contributed by atoms with Crippen LogP contribution in [0.2, 0.25) is 5.02 Å². The van der Waals surface area contributed by atoms with E-state index >= 15 is 0 Å². The average molecular weight is 271 g/mol. The number of halogens is 2. The fraction of sp³-hybridized carbons (Fsp3) is 0.231. The Morgan fingerprint density at radius 3 is 2.62 bits per heavy atom. The minimum Gasteiger partial charge on any atom is -0.147 e. The van der Waals surface area contributed by atoms with Crippen molar-refractivity contribution in [3.63, 3.8) is 0 Å². The minimum atomic E-state index is 0.0138. The van der Waals surface area contributed by atoms with Crippen LogP contribution in [0.5, 0.6) is 0 Å². The van der Waals surface area contributed by atoms with Gasteiger partial charge in [-0.3, -0.25) is 0 Å². The quantitative estimate of drug-likeness (QED) is 0.670. The predicted octanol–water partition coefficient (Wildman–Crippen LogP) is 5.23. The zero-order chi connectivity index (χ0) is 11.5. The van der Waals surface area contributed by atoms with Gasteiger partial charge in [0.25, 0.3) is 0 Å². The molecule has 0 aliphatic heterocycles. The lowest BCUT2D eigenvalue weighted by molar-refractivity contribution is 0.932. The van der Waals surface area contributed by atoms with E-state index in [9.17, 15) is 0 Å². The first-order valence-corrected chi connectivity index (χ1v) is 6.79. The van der Waals surface area contributed by atoms with Crippen molar-refractivity contribution in [1.82, 2.24) is 0 Å². The van der Waals surface area contributed by atoms with E-state index in [1.165, 1.54) is 10.4 Å². The molecule has 1 heterocycles. The molecule has 0 amide bonds. The molecule has 84 valence electrons. The number of aryl methyl sites for hydroxylation is 1. The third kappa shape index (κ3) is 2.60. The van der Waals surface area contributed by atoms with Crippen molar-refractivity contribution in [2.75, 3.05) is 0 Å². The topological polar surface area (TPSA) is 0 Å². The Balaban J connectivity index is 2.17. The summed E-state index contributed by atoms with van der Waals surface area (Å²) >= 11 is 14.2. The van der Waals surface area contributed by atoms with Crippen LogP contribution in [0.25, 0.3) is 0 Å². The van der Waals surface area contributed by atoms with E-state index in [2.05, 4.69) is 18.4 Å². The van der Waals surface area contributed by atoms with E-state index < -0.39 is 0 Å². The summed E-state index contributed by atoms with van der Waals surface area (Å²) in [6, 6.07) is 9.96. The molecule has 0 N–H and O–H groups in total. The summed E-state index contributed by atoms with van der Waals surface area (Å²) in [6.45, 7) is 2.09. The molecule has 2 rings (SSSR count). The number of thiophene rings is 1. The highest BCUT2D eigenvalue weighted by atomic mass is 35.5. The third-order valence-electron chi connectivity index (χ3n) is 2.54. The van der Waals surface area contributed by atoms with Gasteiger partial charge in [-0.1, -0.05) is 29.8 Å². The monoisotopic (exact) mass is 270 g/mol. The van der Waals surface area contributed by atoms with Crippen molar-refractivity contribution in [2.45, 2.75) is 18.7 Å². The van der Waals surface area contributed by atoms with Gasteiger partial charge in [-0.2, -0.15) is 0 Å². The van der Waals surface area contributed by atoms with Gasteiger partial charge in [-0.25, -0.2) is 0 Å². The first-order chi connectivity index (χ1) is 7.68. The van der Waals surface area contributed by atoms with Crippen molar-refractivity contribution in [1.29, 1.82) is 0 Å². The highest BCUT2D eigenvalue weighted by Gasteiger charge is 2.14. The molecule has 0 aliphatic rings. The van der Waals surface area contributed by atoms with E-state index in [0.29, 0.717) is 0 Å². The van der Waals surface area contributed by atoms with E-state index in [0.717, 1.165) is 17.0 Å². The molecule has 1 aromatic heterocycles. The standard InChI is InChI=1S/C13H12Cl2S/c1-9-6-7-16-13(9)12(15)8-10-4-2-3-5-11(10)14/h2-7,12H,8H2,1H3. The third-order valence-corrected chi connectivity index (χ3v) is 4.55. The van der Waals surface area contributed by atoms with Gasteiger partial charge in [0.2, 0.25) is 0 Å². The van der Waals surface area contributed by atoms with Crippen molar-refractivity contribution in [3.8, 4) is 0 Å². The summed E-state index contributed by atoms with van der Waals surface area (Å²) in [5, 5.41) is 2.88. The Kier molecular flexibility index (Phi) is 3.91. The van der Waals surface area contributed by atoms with Crippen LogP contribution in [0.1, 0.15) is 21.4 Å². The smallest absolute Gasteiger partial charge is 0.0722 e. The van der Waals surface area contributed by atoms with Crippen LogP contribution >= 0.6 is 34.5 Å². The first kappa shape index (κ1) is 12.0. The lowest BCUT2D eigenvalue weighted by atomic mass is 10.1. The second kappa shape index (κ2) is 5.22. The van der Waals surface area contributed by atoms with Crippen LogP contribution in [-0.4, -0.2) is 0 Å². The van der Waals surface area contributed by atoms with Crippen molar-refractivity contribution in [3.05, 3.63) is 56.7 Å². The maximum atomic E-state index is 6.41. The molecule has 16 heavy (non-hydrogen) atoms. The maximum absolute atomic E-state index is 6.41. The van der Waals surface area contributed by atoms with Crippen molar-refractivity contribution >= 4 is 34.5 Å². The average Bonchev–Trinajstić information content (AvgIpc) is 2.68. The Bertz CT molecular complexity index is 476. The second-order valence-corrected chi connectivity index (χ2v) is 5.61. The summed E-state index contributed by atoms with van der Waals surface area (Å²) in [7, 11) is 0. The lowest BCUT2D eigenvalue weighted by Crippen LogP contribution is -1.95. The van der Waals surface area contributed by atoms with E-state index in [1.807, 2.05) is 24.3 Å². The summed E-state index contributed by atoms with van der Waals surface area (Å²) in [4.78, 5) is 1.24. The minimum absolute atomic E-state index is 0.0138. The molecule has 0 saturated carbocycles. The number of rotatable bonds is 3. The molecule has 3 heteroatoms. The van der Waals surface area contributed by atoms with Crippen LogP contribution in [0, 0.1) is 6.92 Å². The van der Waals surface area contributed by atoms with Crippen LogP contribution in [0.4, 0.5) is 0 Å². The van der Waals surface area contributed by atoms with Crippen LogP contribution in [0.3, 0.4) is 0 Å². The lowest BCUT2D eigenvalue weighted by Gasteiger charge is -2.10. The summed E-state index contributed by atoms with van der Waals surface area (Å²) in [5.41, 5.74) is 2.37. The van der Waals surface area contributed by atoms with Gasteiger partial charge in [0.15, 0.2) is 0 Å². The van der Waals surface area contributed by atoms with E-state index in [1.54, 1.807) is 11.3 Å². The molecule has 0 fully saturated rings. The number of hydrogen-bond acceptors (Lipinski definition) is 1. The van der Waals surface area contributed by atoms with Crippen molar-refractivity contribution < 1.29 is 0 Å². The fourth-order valence-electron chi connectivity index (χ4n) is 1.66. The van der Waals surface area contributed by atoms with Gasteiger partial charge in [0.05, 0.1) is 5.38 Å². The highest BCUT2D eigenvalue weighted by Crippen LogP contribution is 2.33. The van der Waals surface area contributed by atoms with Gasteiger partial charge < -0.3 is 0 Å². The Labute approximate surface area is 110 Å². The Morgan fingerprint density at radius 1 is 1.25 bits per heavy atom. The first-order valence-electron chi connectivity index (χ1n) is 5.10. The second-order valence-electron chi connectivity index (χ2n) is 3.73. The summed E-state index contributed by atoms with van der Waals surface area (Å²) < 4.78 is 0. The van der Waals surface area contributed by atoms with Crippen LogP contribution < -0.4 is 0 Å². The summed E-state index contributed by atoms with van der Waals surface area (Å²) in [6.07, 6.45) is 0.780. The summed E-state index contributed by atoms with van der Waals surface area (Å²) in [5.74, 6) is 0. The largest absolute Gasteiger partial charge is 0.147 e. The molecule has 0 bridgehead atoms. The normalized spacial score (nSPS) is 12.7. The maximum Gasteiger partial charge on any atom is 0.0722 e. The van der Waals surface area contributed by atoms with Gasteiger partial charge in [0.1, 0.15) is 0 Å². The molecule has 0 nitrogen and oxygen atoms in total. The van der Waals surface area contributed by atoms with Crippen molar-refractivity contribution in [2.24, 2.45) is 0 Å². The Hall–Kier alpha value is -0.500. The zero-order valence-electron chi connectivity index (χ0n) is 8.91. The van der Waals surface area contributed by atoms with Gasteiger partial charge in [0, 0.05) is 9.90 Å². The molecule has 2 aromatic rings. The molecule has 1 aromatic carbocycles. The molecule has 1 unspecified atom stereocenters. The fourth-order valence-corrected chi connectivity index (χ4v) is 3.26. The van der Waals surface area contributed by atoms with Crippen LogP contribution in [0.15, 0.2) is 35.7 Å². The molecule has 0 saturated heterocycles. The number of benzene rings is 1. The van der Waals surface area contributed by atoms with Gasteiger partial charge >= 0.3 is 0 Å². The number of hydrogen-bond donors (Lipinski definition) is 0. The molecule has 0 radical (unpaired) electrons. The van der Waals surface area contributed by atoms with Crippen LogP contribution in [-0.2, 0) is 6.42 Å². The van der Waals surface area contributed by atoms with E-state index in [4.69, 9.17) is 23.2 Å². The molecule has 1 atom stereocenters. The van der Waals surface area contributed by atoms with E-state index in [-0.39, 0.29) is 5.38 Å². The zero-order valence-corrected chi connectivity index (χ0v) is 11.2. The van der Waals surface area contributed by atoms with Gasteiger partial charge in [-0.05, 0) is 42.0 Å². The number of alkyl halides is 1. The molecular formula is C13H12Cl2S.